The quantitative estimate of drug-likeness (QED) is 0.741. The molecule has 1 aliphatic rings. The lowest BCUT2D eigenvalue weighted by molar-refractivity contribution is 0.672. The number of hydrogen-bond donors (Lipinski definition) is 2. The van der Waals surface area contributed by atoms with Gasteiger partial charge in [0.15, 0.2) is 0 Å². The third-order valence-corrected chi connectivity index (χ3v) is 3.07. The van der Waals surface area contributed by atoms with Crippen molar-refractivity contribution in [3.63, 3.8) is 0 Å². The van der Waals surface area contributed by atoms with Gasteiger partial charge in [-0.05, 0) is 42.3 Å². The summed E-state index contributed by atoms with van der Waals surface area (Å²) in [6, 6.07) is 8.65. The van der Waals surface area contributed by atoms with Crippen LogP contribution in [0.3, 0.4) is 0 Å². The van der Waals surface area contributed by atoms with Gasteiger partial charge in [-0.3, -0.25) is 0 Å². The number of nitrogens with one attached hydrogen (secondary N) is 1. The first-order valence-electron chi connectivity index (χ1n) is 5.10. The fourth-order valence-electron chi connectivity index (χ4n) is 1.95. The predicted molar refractivity (Wildman–Crippen MR) is 58.2 cm³/mol. The summed E-state index contributed by atoms with van der Waals surface area (Å²) >= 11 is 0. The Kier molecular flexibility index (Phi) is 1.50. The van der Waals surface area contributed by atoms with Crippen molar-refractivity contribution in [2.24, 2.45) is 5.73 Å². The summed E-state index contributed by atoms with van der Waals surface area (Å²) in [7, 11) is 0. The molecule has 2 heteroatoms. The highest BCUT2D eigenvalue weighted by Gasteiger charge is 2.37. The molecule has 1 heterocycles. The van der Waals surface area contributed by atoms with Crippen molar-refractivity contribution in [3.8, 4) is 0 Å². The second-order valence-electron chi connectivity index (χ2n) is 4.44. The third kappa shape index (κ3) is 1.32. The summed E-state index contributed by atoms with van der Waals surface area (Å²) in [4.78, 5) is 3.23. The molecular weight excluding hydrogens is 172 g/mol. The molecular formula is C12H14N2. The minimum Gasteiger partial charge on any atom is -0.361 e. The molecule has 1 aromatic heterocycles. The first-order chi connectivity index (χ1) is 6.75. The minimum absolute atomic E-state index is 0.111. The zero-order valence-electron chi connectivity index (χ0n) is 8.09. The van der Waals surface area contributed by atoms with Crippen LogP contribution in [0.4, 0.5) is 0 Å². The highest BCUT2D eigenvalue weighted by Crippen LogP contribution is 2.35. The Hall–Kier alpha value is -1.28. The van der Waals surface area contributed by atoms with E-state index in [1.807, 2.05) is 6.20 Å². The molecule has 0 atom stereocenters. The molecule has 0 radical (unpaired) electrons. The van der Waals surface area contributed by atoms with E-state index >= 15 is 0 Å². The highest BCUT2D eigenvalue weighted by molar-refractivity contribution is 5.79. The van der Waals surface area contributed by atoms with Gasteiger partial charge in [-0.25, -0.2) is 0 Å². The first-order valence-corrected chi connectivity index (χ1v) is 5.10. The Morgan fingerprint density at radius 3 is 2.93 bits per heavy atom. The molecule has 1 aliphatic carbocycles. The molecule has 2 nitrogen and oxygen atoms in total. The lowest BCUT2D eigenvalue weighted by Gasteiger charge is -2.07. The van der Waals surface area contributed by atoms with Crippen LogP contribution >= 0.6 is 0 Å². The van der Waals surface area contributed by atoms with E-state index in [0.29, 0.717) is 0 Å². The first kappa shape index (κ1) is 8.06. The van der Waals surface area contributed by atoms with Crippen LogP contribution < -0.4 is 5.73 Å². The number of H-pyrrole nitrogens is 1. The zero-order valence-corrected chi connectivity index (χ0v) is 8.09. The molecule has 0 saturated heterocycles. The van der Waals surface area contributed by atoms with Gasteiger partial charge in [-0.15, -0.1) is 0 Å². The van der Waals surface area contributed by atoms with Crippen LogP contribution in [0.15, 0.2) is 30.5 Å². The number of fused-ring (bicyclic) bond motifs is 1. The van der Waals surface area contributed by atoms with Gasteiger partial charge in [-0.2, -0.15) is 0 Å². The maximum absolute atomic E-state index is 6.09. The van der Waals surface area contributed by atoms with Gasteiger partial charge in [0, 0.05) is 17.3 Å². The van der Waals surface area contributed by atoms with Gasteiger partial charge in [0.2, 0.25) is 0 Å². The molecule has 0 amide bonds. The summed E-state index contributed by atoms with van der Waals surface area (Å²) in [5.74, 6) is 0. The second kappa shape index (κ2) is 2.61. The topological polar surface area (TPSA) is 41.8 Å². The van der Waals surface area contributed by atoms with Crippen LogP contribution in [0.5, 0.6) is 0 Å². The van der Waals surface area contributed by atoms with E-state index in [4.69, 9.17) is 5.73 Å². The minimum atomic E-state index is 0.111. The average molecular weight is 186 g/mol. The van der Waals surface area contributed by atoms with Crippen molar-refractivity contribution in [2.75, 3.05) is 0 Å². The van der Waals surface area contributed by atoms with Crippen molar-refractivity contribution in [1.82, 2.24) is 4.98 Å². The lowest BCUT2D eigenvalue weighted by Crippen LogP contribution is -2.24. The molecule has 14 heavy (non-hydrogen) atoms. The smallest absolute Gasteiger partial charge is 0.0456 e. The van der Waals surface area contributed by atoms with Crippen LogP contribution in [0.1, 0.15) is 18.4 Å². The average Bonchev–Trinajstić information content (AvgIpc) is 2.73. The molecule has 2 aromatic rings. The van der Waals surface area contributed by atoms with E-state index in [9.17, 15) is 0 Å². The molecule has 3 N–H and O–H groups in total. The predicted octanol–water partition coefficient (Wildman–Crippen LogP) is 2.20. The van der Waals surface area contributed by atoms with Gasteiger partial charge >= 0.3 is 0 Å². The number of aromatic amines is 1. The van der Waals surface area contributed by atoms with Crippen LogP contribution in [-0.2, 0) is 6.42 Å². The molecule has 0 spiro atoms. The number of aromatic nitrogens is 1. The maximum Gasteiger partial charge on any atom is 0.0456 e. The molecule has 1 aromatic carbocycles. The summed E-state index contributed by atoms with van der Waals surface area (Å²) in [5.41, 5.74) is 8.76. The van der Waals surface area contributed by atoms with Crippen molar-refractivity contribution in [1.29, 1.82) is 0 Å². The number of benzene rings is 1. The van der Waals surface area contributed by atoms with Gasteiger partial charge in [0.05, 0.1) is 0 Å². The summed E-state index contributed by atoms with van der Waals surface area (Å²) in [6.07, 6.45) is 5.34. The van der Waals surface area contributed by atoms with Crippen molar-refractivity contribution < 1.29 is 0 Å². The Labute approximate surface area is 83.1 Å². The van der Waals surface area contributed by atoms with Gasteiger partial charge in [0.1, 0.15) is 0 Å². The fourth-order valence-corrected chi connectivity index (χ4v) is 1.95. The van der Waals surface area contributed by atoms with Gasteiger partial charge in [0.25, 0.3) is 0 Å². The normalized spacial score (nSPS) is 18.6. The Morgan fingerprint density at radius 1 is 1.29 bits per heavy atom. The van der Waals surface area contributed by atoms with E-state index in [1.54, 1.807) is 0 Å². The van der Waals surface area contributed by atoms with E-state index in [2.05, 4.69) is 29.2 Å². The largest absolute Gasteiger partial charge is 0.361 e. The highest BCUT2D eigenvalue weighted by atomic mass is 14.8. The molecule has 1 fully saturated rings. The Balaban J connectivity index is 1.97. The summed E-state index contributed by atoms with van der Waals surface area (Å²) in [5, 5.41) is 1.27. The maximum atomic E-state index is 6.09. The molecule has 0 unspecified atom stereocenters. The molecule has 72 valence electrons. The third-order valence-electron chi connectivity index (χ3n) is 3.07. The van der Waals surface area contributed by atoms with Crippen LogP contribution in [0.25, 0.3) is 10.9 Å². The van der Waals surface area contributed by atoms with Crippen molar-refractivity contribution >= 4 is 10.9 Å². The number of nitrogens with two attached hydrogens (primary N) is 1. The van der Waals surface area contributed by atoms with Crippen molar-refractivity contribution in [3.05, 3.63) is 36.0 Å². The van der Waals surface area contributed by atoms with Crippen LogP contribution in [0.2, 0.25) is 0 Å². The van der Waals surface area contributed by atoms with E-state index in [-0.39, 0.29) is 5.54 Å². The standard InChI is InChI=1S/C12H14N2/c13-12(4-5-12)8-9-1-2-10-3-6-14-11(10)7-9/h1-3,6-7,14H,4-5,8,13H2. The monoisotopic (exact) mass is 186 g/mol. The molecule has 0 aliphatic heterocycles. The van der Waals surface area contributed by atoms with Crippen molar-refractivity contribution in [2.45, 2.75) is 24.8 Å². The summed E-state index contributed by atoms with van der Waals surface area (Å²) in [6.45, 7) is 0. The van der Waals surface area contributed by atoms with Crippen LogP contribution in [0, 0.1) is 0 Å². The summed E-state index contributed by atoms with van der Waals surface area (Å²) < 4.78 is 0. The lowest BCUT2D eigenvalue weighted by atomic mass is 10.0. The molecule has 0 bridgehead atoms. The Bertz CT molecular complexity index is 466. The number of hydrogen-bond acceptors (Lipinski definition) is 1. The van der Waals surface area contributed by atoms with Crippen LogP contribution in [-0.4, -0.2) is 10.5 Å². The van der Waals surface area contributed by atoms with Gasteiger partial charge < -0.3 is 10.7 Å². The van der Waals surface area contributed by atoms with E-state index < -0.39 is 0 Å². The van der Waals surface area contributed by atoms with E-state index in [1.165, 1.54) is 29.3 Å². The fraction of sp³-hybridized carbons (Fsp3) is 0.333. The van der Waals surface area contributed by atoms with Gasteiger partial charge in [-0.1, -0.05) is 12.1 Å². The zero-order chi connectivity index (χ0) is 9.60. The Morgan fingerprint density at radius 2 is 2.14 bits per heavy atom. The van der Waals surface area contributed by atoms with E-state index in [0.717, 1.165) is 6.42 Å². The molecule has 1 saturated carbocycles. The number of rotatable bonds is 2. The molecule has 3 rings (SSSR count). The SMILES string of the molecule is NC1(Cc2ccc3cc[nH]c3c2)CC1. The second-order valence-corrected chi connectivity index (χ2v) is 4.44.